The van der Waals surface area contributed by atoms with Gasteiger partial charge < -0.3 is 10.6 Å². The van der Waals surface area contributed by atoms with Crippen molar-refractivity contribution in [3.8, 4) is 0 Å². The van der Waals surface area contributed by atoms with Crippen molar-refractivity contribution in [1.82, 2.24) is 15.2 Å². The number of nitrogens with one attached hydrogen (secondary N) is 2. The number of carbonyl (C=O) groups excluding carboxylic acids is 1. The van der Waals surface area contributed by atoms with E-state index >= 15 is 0 Å². The van der Waals surface area contributed by atoms with Crippen LogP contribution in [0.25, 0.3) is 0 Å². The van der Waals surface area contributed by atoms with Gasteiger partial charge in [0.05, 0.1) is 15.8 Å². The Morgan fingerprint density at radius 3 is 2.83 bits per heavy atom. The molecule has 130 valence electrons. The average Bonchev–Trinajstić information content (AvgIpc) is 2.99. The Labute approximate surface area is 158 Å². The maximum atomic E-state index is 12.0. The van der Waals surface area contributed by atoms with Crippen LogP contribution < -0.4 is 10.6 Å². The van der Waals surface area contributed by atoms with Crippen LogP contribution in [0.5, 0.6) is 0 Å². The molecule has 2 rings (SSSR count). The number of hydrogen-bond donors (Lipinski definition) is 2. The number of pyridine rings is 1. The lowest BCUT2D eigenvalue weighted by Crippen LogP contribution is -2.15. The van der Waals surface area contributed by atoms with Gasteiger partial charge in [-0.3, -0.25) is 4.79 Å². The summed E-state index contributed by atoms with van der Waals surface area (Å²) in [5.41, 5.74) is 0.682. The summed E-state index contributed by atoms with van der Waals surface area (Å²) in [6.07, 6.45) is 1.46. The van der Waals surface area contributed by atoms with Gasteiger partial charge in [0.25, 0.3) is 0 Å². The number of anilines is 2. The highest BCUT2D eigenvalue weighted by molar-refractivity contribution is 8.01. The standard InChI is InChI=1S/C14H17Cl2N5OS2/c1-7(2)4-18-13-20-21-14(24-13)23-6-10(22)19-12-11(16)8(3)9(15)5-17-12/h5,7H,4,6H2,1-3H3,(H,18,20)(H,17,19,22). The maximum Gasteiger partial charge on any atom is 0.236 e. The van der Waals surface area contributed by atoms with Gasteiger partial charge in [0.15, 0.2) is 10.2 Å². The fourth-order valence-corrected chi connectivity index (χ4v) is 3.52. The van der Waals surface area contributed by atoms with Crippen LogP contribution in [0, 0.1) is 12.8 Å². The molecule has 2 aromatic rings. The molecule has 2 heterocycles. The third kappa shape index (κ3) is 5.47. The number of aromatic nitrogens is 3. The van der Waals surface area contributed by atoms with Crippen LogP contribution in [0.3, 0.4) is 0 Å². The van der Waals surface area contributed by atoms with Crippen molar-refractivity contribution in [2.45, 2.75) is 25.1 Å². The lowest BCUT2D eigenvalue weighted by Gasteiger charge is -2.08. The van der Waals surface area contributed by atoms with Crippen LogP contribution in [0.15, 0.2) is 10.5 Å². The Balaban J connectivity index is 1.86. The van der Waals surface area contributed by atoms with Crippen LogP contribution in [-0.4, -0.2) is 33.4 Å². The van der Waals surface area contributed by atoms with Crippen LogP contribution in [0.1, 0.15) is 19.4 Å². The van der Waals surface area contributed by atoms with E-state index in [1.165, 1.54) is 29.3 Å². The maximum absolute atomic E-state index is 12.0. The number of carbonyl (C=O) groups is 1. The highest BCUT2D eigenvalue weighted by atomic mass is 35.5. The Morgan fingerprint density at radius 2 is 2.12 bits per heavy atom. The summed E-state index contributed by atoms with van der Waals surface area (Å²) in [5, 5.41) is 15.5. The third-order valence-corrected chi connectivity index (χ3v) is 5.71. The van der Waals surface area contributed by atoms with Crippen molar-refractivity contribution >= 4 is 63.2 Å². The Hall–Kier alpha value is -1.09. The van der Waals surface area contributed by atoms with Crippen molar-refractivity contribution in [2.24, 2.45) is 5.92 Å². The first-order valence-electron chi connectivity index (χ1n) is 7.17. The van der Waals surface area contributed by atoms with Gasteiger partial charge in [0.2, 0.25) is 11.0 Å². The average molecular weight is 406 g/mol. The van der Waals surface area contributed by atoms with Gasteiger partial charge in [-0.1, -0.05) is 60.1 Å². The van der Waals surface area contributed by atoms with Crippen molar-refractivity contribution in [1.29, 1.82) is 0 Å². The smallest absolute Gasteiger partial charge is 0.236 e. The van der Waals surface area contributed by atoms with Crippen molar-refractivity contribution < 1.29 is 4.79 Å². The van der Waals surface area contributed by atoms with Gasteiger partial charge >= 0.3 is 0 Å². The van der Waals surface area contributed by atoms with Gasteiger partial charge in [-0.2, -0.15) is 0 Å². The molecule has 0 atom stereocenters. The molecular formula is C14H17Cl2N5OS2. The van der Waals surface area contributed by atoms with Crippen LogP contribution in [0.4, 0.5) is 10.9 Å². The highest BCUT2D eigenvalue weighted by Gasteiger charge is 2.13. The largest absolute Gasteiger partial charge is 0.360 e. The molecule has 1 amide bonds. The second-order valence-electron chi connectivity index (χ2n) is 5.38. The Bertz CT molecular complexity index is 723. The predicted molar refractivity (Wildman–Crippen MR) is 102 cm³/mol. The summed E-state index contributed by atoms with van der Waals surface area (Å²) in [7, 11) is 0. The first kappa shape index (κ1) is 19.2. The second kappa shape index (κ2) is 8.84. The SMILES string of the molecule is Cc1c(Cl)cnc(NC(=O)CSc2nnc(NCC(C)C)s2)c1Cl. The number of halogens is 2. The molecule has 0 saturated heterocycles. The van der Waals surface area contributed by atoms with Crippen LogP contribution in [0.2, 0.25) is 10.0 Å². The predicted octanol–water partition coefficient (Wildman–Crippen LogP) is 4.35. The Kier molecular flexibility index (Phi) is 7.09. The molecule has 2 aromatic heterocycles. The number of rotatable bonds is 7. The lowest BCUT2D eigenvalue weighted by atomic mass is 10.2. The van der Waals surface area contributed by atoms with Crippen molar-refractivity contribution in [2.75, 3.05) is 22.9 Å². The molecule has 6 nitrogen and oxygen atoms in total. The Morgan fingerprint density at radius 1 is 1.38 bits per heavy atom. The summed E-state index contributed by atoms with van der Waals surface area (Å²) in [6.45, 7) is 6.83. The summed E-state index contributed by atoms with van der Waals surface area (Å²) in [6, 6.07) is 0. The monoisotopic (exact) mass is 405 g/mol. The summed E-state index contributed by atoms with van der Waals surface area (Å²) in [4.78, 5) is 16.1. The molecule has 0 radical (unpaired) electrons. The first-order valence-corrected chi connectivity index (χ1v) is 9.73. The van der Waals surface area contributed by atoms with Crippen LogP contribution >= 0.6 is 46.3 Å². The van der Waals surface area contributed by atoms with E-state index in [9.17, 15) is 4.79 Å². The minimum atomic E-state index is -0.219. The molecule has 0 bridgehead atoms. The van der Waals surface area contributed by atoms with E-state index in [-0.39, 0.29) is 11.7 Å². The fraction of sp³-hybridized carbons (Fsp3) is 0.429. The molecule has 2 N–H and O–H groups in total. The zero-order valence-electron chi connectivity index (χ0n) is 13.4. The summed E-state index contributed by atoms with van der Waals surface area (Å²) >= 11 is 14.8. The van der Waals surface area contributed by atoms with Gasteiger partial charge in [-0.05, 0) is 18.4 Å². The molecule has 0 spiro atoms. The number of nitrogens with zero attached hydrogens (tertiary/aromatic N) is 3. The van der Waals surface area contributed by atoms with E-state index in [2.05, 4.69) is 39.7 Å². The molecule has 24 heavy (non-hydrogen) atoms. The summed E-state index contributed by atoms with van der Waals surface area (Å²) < 4.78 is 0.725. The number of amides is 1. The molecule has 0 fully saturated rings. The molecule has 10 heteroatoms. The molecule has 0 unspecified atom stereocenters. The van der Waals surface area contributed by atoms with E-state index in [1.54, 1.807) is 6.92 Å². The van der Waals surface area contributed by atoms with Crippen molar-refractivity contribution in [3.63, 3.8) is 0 Å². The van der Waals surface area contributed by atoms with E-state index < -0.39 is 0 Å². The lowest BCUT2D eigenvalue weighted by molar-refractivity contribution is -0.113. The van der Waals surface area contributed by atoms with Gasteiger partial charge in [0.1, 0.15) is 0 Å². The van der Waals surface area contributed by atoms with Gasteiger partial charge in [0, 0.05) is 12.7 Å². The molecule has 0 saturated carbocycles. The van der Waals surface area contributed by atoms with Gasteiger partial charge in [-0.25, -0.2) is 4.98 Å². The first-order chi connectivity index (χ1) is 11.4. The molecule has 0 aromatic carbocycles. The highest BCUT2D eigenvalue weighted by Crippen LogP contribution is 2.29. The van der Waals surface area contributed by atoms with E-state index in [1.807, 2.05) is 0 Å². The van der Waals surface area contributed by atoms with E-state index in [4.69, 9.17) is 23.2 Å². The second-order valence-corrected chi connectivity index (χ2v) is 8.36. The third-order valence-electron chi connectivity index (χ3n) is 2.85. The van der Waals surface area contributed by atoms with Crippen LogP contribution in [-0.2, 0) is 4.79 Å². The zero-order valence-corrected chi connectivity index (χ0v) is 16.5. The van der Waals surface area contributed by atoms with E-state index in [0.29, 0.717) is 27.3 Å². The van der Waals surface area contributed by atoms with E-state index in [0.717, 1.165) is 16.0 Å². The molecular weight excluding hydrogens is 389 g/mol. The molecule has 0 aliphatic heterocycles. The van der Waals surface area contributed by atoms with Crippen molar-refractivity contribution in [3.05, 3.63) is 21.8 Å². The fourth-order valence-electron chi connectivity index (χ4n) is 1.57. The minimum absolute atomic E-state index is 0.193. The quantitative estimate of drug-likeness (QED) is 0.666. The topological polar surface area (TPSA) is 79.8 Å². The minimum Gasteiger partial charge on any atom is -0.360 e. The number of thioether (sulfide) groups is 1. The zero-order chi connectivity index (χ0) is 17.7. The molecule has 0 aliphatic rings. The molecule has 0 aliphatic carbocycles. The number of hydrogen-bond acceptors (Lipinski definition) is 7. The van der Waals surface area contributed by atoms with Gasteiger partial charge in [-0.15, -0.1) is 10.2 Å². The normalized spacial score (nSPS) is 10.9. The summed E-state index contributed by atoms with van der Waals surface area (Å²) in [5.74, 6) is 0.804.